The standard InChI is InChI=1S/C14H23N3O3S/c1-2-3-4-7-15-14(18)13-10-12(11-16-13)21(19,20)17-8-5-6-9-17/h10-11,16H,2-9H2,1H3,(H,15,18). The summed E-state index contributed by atoms with van der Waals surface area (Å²) in [5, 5.41) is 2.79. The van der Waals surface area contributed by atoms with Gasteiger partial charge in [0.2, 0.25) is 10.0 Å². The molecule has 0 aliphatic carbocycles. The highest BCUT2D eigenvalue weighted by Crippen LogP contribution is 2.21. The molecule has 1 aromatic heterocycles. The summed E-state index contributed by atoms with van der Waals surface area (Å²) in [6.45, 7) is 3.83. The molecule has 0 atom stereocenters. The molecule has 1 amide bonds. The lowest BCUT2D eigenvalue weighted by Crippen LogP contribution is -2.27. The molecular weight excluding hydrogens is 290 g/mol. The summed E-state index contributed by atoms with van der Waals surface area (Å²) in [6.07, 6.45) is 6.29. The molecule has 118 valence electrons. The van der Waals surface area contributed by atoms with Crippen LogP contribution in [0.1, 0.15) is 49.5 Å². The first-order chi connectivity index (χ1) is 10.1. The van der Waals surface area contributed by atoms with E-state index in [9.17, 15) is 13.2 Å². The van der Waals surface area contributed by atoms with E-state index in [4.69, 9.17) is 0 Å². The number of rotatable bonds is 7. The molecule has 1 fully saturated rings. The van der Waals surface area contributed by atoms with E-state index in [1.54, 1.807) is 0 Å². The van der Waals surface area contributed by atoms with Crippen LogP contribution in [0.25, 0.3) is 0 Å². The second-order valence-corrected chi connectivity index (χ2v) is 7.26. The molecule has 2 heterocycles. The normalized spacial score (nSPS) is 16.2. The highest BCUT2D eigenvalue weighted by atomic mass is 32.2. The number of nitrogens with one attached hydrogen (secondary N) is 2. The van der Waals surface area contributed by atoms with Gasteiger partial charge in [0.15, 0.2) is 0 Å². The monoisotopic (exact) mass is 313 g/mol. The maximum absolute atomic E-state index is 12.3. The van der Waals surface area contributed by atoms with Crippen LogP contribution in [0, 0.1) is 0 Å². The Kier molecular flexibility index (Phi) is 5.41. The van der Waals surface area contributed by atoms with Crippen molar-refractivity contribution in [3.8, 4) is 0 Å². The van der Waals surface area contributed by atoms with E-state index in [1.807, 2.05) is 0 Å². The molecule has 0 bridgehead atoms. The van der Waals surface area contributed by atoms with E-state index in [0.717, 1.165) is 32.1 Å². The van der Waals surface area contributed by atoms with Crippen LogP contribution in [0.3, 0.4) is 0 Å². The molecule has 1 aliphatic rings. The van der Waals surface area contributed by atoms with Crippen molar-refractivity contribution in [1.29, 1.82) is 0 Å². The third-order valence-corrected chi connectivity index (χ3v) is 5.55. The summed E-state index contributed by atoms with van der Waals surface area (Å²) in [6, 6.07) is 1.42. The average Bonchev–Trinajstić information content (AvgIpc) is 3.14. The first-order valence-corrected chi connectivity index (χ1v) is 8.96. The molecule has 0 saturated carbocycles. The quantitative estimate of drug-likeness (QED) is 0.752. The van der Waals surface area contributed by atoms with Gasteiger partial charge in [0.1, 0.15) is 10.6 Å². The van der Waals surface area contributed by atoms with Gasteiger partial charge in [-0.05, 0) is 25.3 Å². The van der Waals surface area contributed by atoms with Gasteiger partial charge >= 0.3 is 0 Å². The fraction of sp³-hybridized carbons (Fsp3) is 0.643. The molecule has 0 radical (unpaired) electrons. The Morgan fingerprint density at radius 1 is 1.33 bits per heavy atom. The largest absolute Gasteiger partial charge is 0.356 e. The maximum atomic E-state index is 12.3. The fourth-order valence-electron chi connectivity index (χ4n) is 2.40. The average molecular weight is 313 g/mol. The Morgan fingerprint density at radius 2 is 2.05 bits per heavy atom. The molecule has 2 rings (SSSR count). The first-order valence-electron chi connectivity index (χ1n) is 7.52. The number of aromatic nitrogens is 1. The Labute approximate surface area is 126 Å². The lowest BCUT2D eigenvalue weighted by Gasteiger charge is -2.13. The minimum atomic E-state index is -3.46. The molecule has 7 heteroatoms. The third kappa shape index (κ3) is 3.85. The van der Waals surface area contributed by atoms with Crippen molar-refractivity contribution in [2.75, 3.05) is 19.6 Å². The van der Waals surface area contributed by atoms with Crippen LogP contribution < -0.4 is 5.32 Å². The summed E-state index contributed by atoms with van der Waals surface area (Å²) in [4.78, 5) is 14.8. The Morgan fingerprint density at radius 3 is 2.71 bits per heavy atom. The van der Waals surface area contributed by atoms with Gasteiger partial charge in [-0.15, -0.1) is 0 Å². The van der Waals surface area contributed by atoms with Gasteiger partial charge in [0, 0.05) is 25.8 Å². The fourth-order valence-corrected chi connectivity index (χ4v) is 3.92. The van der Waals surface area contributed by atoms with Crippen molar-refractivity contribution in [2.24, 2.45) is 0 Å². The molecule has 0 aromatic carbocycles. The number of sulfonamides is 1. The van der Waals surface area contributed by atoms with Crippen molar-refractivity contribution < 1.29 is 13.2 Å². The van der Waals surface area contributed by atoms with Gasteiger partial charge in [-0.1, -0.05) is 19.8 Å². The molecule has 1 aromatic rings. The van der Waals surface area contributed by atoms with Gasteiger partial charge in [0.05, 0.1) is 0 Å². The number of nitrogens with zero attached hydrogens (tertiary/aromatic N) is 1. The zero-order valence-corrected chi connectivity index (χ0v) is 13.2. The first kappa shape index (κ1) is 16.0. The van der Waals surface area contributed by atoms with E-state index < -0.39 is 10.0 Å². The number of carbonyl (C=O) groups is 1. The van der Waals surface area contributed by atoms with E-state index in [2.05, 4.69) is 17.2 Å². The van der Waals surface area contributed by atoms with Gasteiger partial charge in [-0.2, -0.15) is 4.31 Å². The van der Waals surface area contributed by atoms with Gasteiger partial charge in [-0.3, -0.25) is 4.79 Å². The topological polar surface area (TPSA) is 82.3 Å². The third-order valence-electron chi connectivity index (χ3n) is 3.67. The van der Waals surface area contributed by atoms with Gasteiger partial charge in [0.25, 0.3) is 5.91 Å². The van der Waals surface area contributed by atoms with E-state index >= 15 is 0 Å². The Hall–Kier alpha value is -1.34. The van der Waals surface area contributed by atoms with E-state index in [0.29, 0.717) is 25.3 Å². The van der Waals surface area contributed by atoms with Crippen LogP contribution in [0.5, 0.6) is 0 Å². The zero-order chi connectivity index (χ0) is 15.3. The SMILES string of the molecule is CCCCCNC(=O)c1cc(S(=O)(=O)N2CCCC2)c[nH]1. The number of hydrogen-bond acceptors (Lipinski definition) is 3. The highest BCUT2D eigenvalue weighted by molar-refractivity contribution is 7.89. The summed E-state index contributed by atoms with van der Waals surface area (Å²) < 4.78 is 26.2. The molecule has 0 unspecified atom stereocenters. The molecule has 2 N–H and O–H groups in total. The number of amides is 1. The lowest BCUT2D eigenvalue weighted by atomic mass is 10.2. The van der Waals surface area contributed by atoms with E-state index in [-0.39, 0.29) is 10.8 Å². The van der Waals surface area contributed by atoms with E-state index in [1.165, 1.54) is 16.6 Å². The molecule has 21 heavy (non-hydrogen) atoms. The van der Waals surface area contributed by atoms with Crippen molar-refractivity contribution >= 4 is 15.9 Å². The lowest BCUT2D eigenvalue weighted by molar-refractivity contribution is 0.0948. The smallest absolute Gasteiger partial charge is 0.267 e. The predicted molar refractivity (Wildman–Crippen MR) is 80.6 cm³/mol. The zero-order valence-electron chi connectivity index (χ0n) is 12.4. The number of hydrogen-bond donors (Lipinski definition) is 2. The van der Waals surface area contributed by atoms with Crippen LogP contribution in [-0.4, -0.2) is 43.2 Å². The molecule has 6 nitrogen and oxygen atoms in total. The van der Waals surface area contributed by atoms with Crippen LogP contribution in [0.15, 0.2) is 17.2 Å². The Bertz CT molecular complexity index is 574. The van der Waals surface area contributed by atoms with Crippen molar-refractivity contribution in [3.63, 3.8) is 0 Å². The summed E-state index contributed by atoms with van der Waals surface area (Å²) in [7, 11) is -3.46. The summed E-state index contributed by atoms with van der Waals surface area (Å²) in [5.41, 5.74) is 0.296. The maximum Gasteiger partial charge on any atom is 0.267 e. The highest BCUT2D eigenvalue weighted by Gasteiger charge is 2.28. The van der Waals surface area contributed by atoms with Gasteiger partial charge < -0.3 is 10.3 Å². The minimum Gasteiger partial charge on any atom is -0.356 e. The van der Waals surface area contributed by atoms with Crippen molar-refractivity contribution in [2.45, 2.75) is 43.9 Å². The van der Waals surface area contributed by atoms with Crippen molar-refractivity contribution in [3.05, 3.63) is 18.0 Å². The predicted octanol–water partition coefficient (Wildman–Crippen LogP) is 1.72. The number of unbranched alkanes of at least 4 members (excludes halogenated alkanes) is 2. The van der Waals surface area contributed by atoms with Crippen LogP contribution in [-0.2, 0) is 10.0 Å². The summed E-state index contributed by atoms with van der Waals surface area (Å²) in [5.74, 6) is -0.256. The van der Waals surface area contributed by atoms with Crippen molar-refractivity contribution in [1.82, 2.24) is 14.6 Å². The summed E-state index contributed by atoms with van der Waals surface area (Å²) >= 11 is 0. The number of H-pyrrole nitrogens is 1. The Balaban J connectivity index is 1.99. The molecule has 0 spiro atoms. The van der Waals surface area contributed by atoms with Crippen LogP contribution >= 0.6 is 0 Å². The second-order valence-electron chi connectivity index (χ2n) is 5.32. The minimum absolute atomic E-state index is 0.170. The molecule has 1 saturated heterocycles. The van der Waals surface area contributed by atoms with Crippen LogP contribution in [0.2, 0.25) is 0 Å². The molecule has 1 aliphatic heterocycles. The number of aromatic amines is 1. The van der Waals surface area contributed by atoms with Gasteiger partial charge in [-0.25, -0.2) is 8.42 Å². The molecular formula is C14H23N3O3S. The second kappa shape index (κ2) is 7.09. The number of carbonyl (C=O) groups excluding carboxylic acids is 1. The van der Waals surface area contributed by atoms with Crippen LogP contribution in [0.4, 0.5) is 0 Å².